The van der Waals surface area contributed by atoms with Crippen molar-refractivity contribution in [3.05, 3.63) is 34.1 Å². The van der Waals surface area contributed by atoms with Crippen LogP contribution >= 0.6 is 15.9 Å². The normalized spacial score (nSPS) is 12.8. The van der Waals surface area contributed by atoms with Gasteiger partial charge in [-0.15, -0.1) is 0 Å². The van der Waals surface area contributed by atoms with Crippen LogP contribution in [0.15, 0.2) is 22.7 Å². The molecule has 1 unspecified atom stereocenters. The Balaban J connectivity index is 2.46. The second-order valence-electron chi connectivity index (χ2n) is 4.09. The van der Waals surface area contributed by atoms with Crippen LogP contribution in [0, 0.1) is 5.82 Å². The van der Waals surface area contributed by atoms with Gasteiger partial charge in [-0.05, 0) is 24.1 Å². The van der Waals surface area contributed by atoms with Crippen molar-refractivity contribution in [3.63, 3.8) is 0 Å². The number of hydrogen-bond acceptors (Lipinski definition) is 1. The Morgan fingerprint density at radius 3 is 2.75 bits per heavy atom. The summed E-state index contributed by atoms with van der Waals surface area (Å²) in [5.41, 5.74) is 0.590. The first kappa shape index (κ1) is 13.7. The van der Waals surface area contributed by atoms with Crippen molar-refractivity contribution in [2.24, 2.45) is 0 Å². The van der Waals surface area contributed by atoms with Gasteiger partial charge in [0.2, 0.25) is 0 Å². The summed E-state index contributed by atoms with van der Waals surface area (Å²) in [6.45, 7) is 2.13. The summed E-state index contributed by atoms with van der Waals surface area (Å²) in [7, 11) is 0. The minimum absolute atomic E-state index is 0.246. The average Bonchev–Trinajstić information content (AvgIpc) is 2.23. The molecule has 0 spiro atoms. The van der Waals surface area contributed by atoms with Crippen molar-refractivity contribution < 1.29 is 9.50 Å². The van der Waals surface area contributed by atoms with Crippen LogP contribution in [-0.4, -0.2) is 11.2 Å². The molecule has 0 aliphatic heterocycles. The summed E-state index contributed by atoms with van der Waals surface area (Å²) in [5.74, 6) is -0.246. The van der Waals surface area contributed by atoms with Crippen LogP contribution in [0.1, 0.15) is 38.2 Å². The highest BCUT2D eigenvalue weighted by Crippen LogP contribution is 2.18. The summed E-state index contributed by atoms with van der Waals surface area (Å²) in [6.07, 6.45) is 4.00. The fourth-order valence-electron chi connectivity index (χ4n) is 1.67. The average molecular weight is 289 g/mol. The molecule has 0 saturated heterocycles. The van der Waals surface area contributed by atoms with E-state index in [-0.39, 0.29) is 5.82 Å². The molecule has 1 rings (SSSR count). The maximum atomic E-state index is 13.5. The fraction of sp³-hybridized carbons (Fsp3) is 0.538. The van der Waals surface area contributed by atoms with E-state index in [0.29, 0.717) is 12.0 Å². The third-order valence-electron chi connectivity index (χ3n) is 2.61. The monoisotopic (exact) mass is 288 g/mol. The van der Waals surface area contributed by atoms with Crippen molar-refractivity contribution in [3.8, 4) is 0 Å². The second kappa shape index (κ2) is 7.02. The van der Waals surface area contributed by atoms with E-state index in [1.54, 1.807) is 12.1 Å². The highest BCUT2D eigenvalue weighted by Gasteiger charge is 2.09. The van der Waals surface area contributed by atoms with Gasteiger partial charge in [0.05, 0.1) is 6.10 Å². The Morgan fingerprint density at radius 1 is 1.38 bits per heavy atom. The molecule has 0 fully saturated rings. The highest BCUT2D eigenvalue weighted by molar-refractivity contribution is 9.10. The molecule has 0 aliphatic carbocycles. The molecule has 0 aromatic heterocycles. The lowest BCUT2D eigenvalue weighted by molar-refractivity contribution is 0.160. The van der Waals surface area contributed by atoms with E-state index in [1.807, 2.05) is 0 Å². The number of unbranched alkanes of at least 4 members (excludes halogenated alkanes) is 2. The van der Waals surface area contributed by atoms with Crippen molar-refractivity contribution in [2.75, 3.05) is 0 Å². The zero-order valence-corrected chi connectivity index (χ0v) is 11.1. The maximum Gasteiger partial charge on any atom is 0.127 e. The van der Waals surface area contributed by atoms with Gasteiger partial charge in [-0.1, -0.05) is 48.2 Å². The van der Waals surface area contributed by atoms with Gasteiger partial charge in [-0.3, -0.25) is 0 Å². The summed E-state index contributed by atoms with van der Waals surface area (Å²) in [6, 6.07) is 4.97. The number of aliphatic hydroxyl groups is 1. The molecule has 1 aromatic rings. The Morgan fingerprint density at radius 2 is 2.12 bits per heavy atom. The van der Waals surface area contributed by atoms with Gasteiger partial charge in [-0.25, -0.2) is 4.39 Å². The van der Waals surface area contributed by atoms with Crippen LogP contribution in [0.2, 0.25) is 0 Å². The minimum atomic E-state index is -0.428. The molecular formula is C13H18BrFO. The number of rotatable bonds is 6. The molecule has 0 aliphatic rings. The Bertz CT molecular complexity index is 328. The molecule has 3 heteroatoms. The van der Waals surface area contributed by atoms with E-state index >= 15 is 0 Å². The molecule has 1 atom stereocenters. The van der Waals surface area contributed by atoms with E-state index in [9.17, 15) is 9.50 Å². The number of halogens is 2. The lowest BCUT2D eigenvalue weighted by Crippen LogP contribution is -2.11. The van der Waals surface area contributed by atoms with Gasteiger partial charge in [0.1, 0.15) is 5.82 Å². The summed E-state index contributed by atoms with van der Waals surface area (Å²) in [5, 5.41) is 9.74. The van der Waals surface area contributed by atoms with Gasteiger partial charge in [0, 0.05) is 10.9 Å². The number of aliphatic hydroxyl groups excluding tert-OH is 1. The first-order valence-electron chi connectivity index (χ1n) is 5.75. The summed E-state index contributed by atoms with van der Waals surface area (Å²) < 4.78 is 14.2. The number of hydrogen-bond donors (Lipinski definition) is 1. The van der Waals surface area contributed by atoms with Crippen LogP contribution in [0.4, 0.5) is 4.39 Å². The standard InChI is InChI=1S/C13H18BrFO/c1-2-3-4-5-12(16)8-10-6-7-11(14)9-13(10)15/h6-7,9,12,16H,2-5,8H2,1H3. The molecule has 0 bridgehead atoms. The largest absolute Gasteiger partial charge is 0.393 e. The SMILES string of the molecule is CCCCCC(O)Cc1ccc(Br)cc1F. The molecule has 0 radical (unpaired) electrons. The van der Waals surface area contributed by atoms with Crippen LogP contribution in [-0.2, 0) is 6.42 Å². The third-order valence-corrected chi connectivity index (χ3v) is 3.10. The van der Waals surface area contributed by atoms with E-state index in [4.69, 9.17) is 0 Å². The first-order chi connectivity index (χ1) is 7.63. The quantitative estimate of drug-likeness (QED) is 0.783. The zero-order chi connectivity index (χ0) is 12.0. The molecule has 16 heavy (non-hydrogen) atoms. The van der Waals surface area contributed by atoms with Crippen molar-refractivity contribution in [1.82, 2.24) is 0 Å². The molecule has 90 valence electrons. The predicted molar refractivity (Wildman–Crippen MR) is 68.0 cm³/mol. The van der Waals surface area contributed by atoms with Crippen molar-refractivity contribution in [1.29, 1.82) is 0 Å². The first-order valence-corrected chi connectivity index (χ1v) is 6.54. The van der Waals surface area contributed by atoms with E-state index < -0.39 is 6.10 Å². The minimum Gasteiger partial charge on any atom is -0.393 e. The van der Waals surface area contributed by atoms with Crippen molar-refractivity contribution in [2.45, 2.75) is 45.1 Å². The molecule has 0 amide bonds. The lowest BCUT2D eigenvalue weighted by atomic mass is 10.0. The molecular weight excluding hydrogens is 271 g/mol. The van der Waals surface area contributed by atoms with E-state index in [0.717, 1.165) is 30.2 Å². The third kappa shape index (κ3) is 4.62. The van der Waals surface area contributed by atoms with Crippen LogP contribution in [0.5, 0.6) is 0 Å². The van der Waals surface area contributed by atoms with Gasteiger partial charge >= 0.3 is 0 Å². The Labute approximate surface area is 105 Å². The summed E-state index contributed by atoms with van der Waals surface area (Å²) in [4.78, 5) is 0. The molecule has 0 saturated carbocycles. The van der Waals surface area contributed by atoms with E-state index in [1.165, 1.54) is 6.07 Å². The highest BCUT2D eigenvalue weighted by atomic mass is 79.9. The number of benzene rings is 1. The van der Waals surface area contributed by atoms with Crippen molar-refractivity contribution >= 4 is 15.9 Å². The smallest absolute Gasteiger partial charge is 0.127 e. The van der Waals surface area contributed by atoms with Crippen LogP contribution in [0.25, 0.3) is 0 Å². The molecule has 0 heterocycles. The van der Waals surface area contributed by atoms with Gasteiger partial charge in [0.25, 0.3) is 0 Å². The Hall–Kier alpha value is -0.410. The molecule has 1 N–H and O–H groups in total. The maximum absolute atomic E-state index is 13.5. The lowest BCUT2D eigenvalue weighted by Gasteiger charge is -2.11. The van der Waals surface area contributed by atoms with Crippen LogP contribution < -0.4 is 0 Å². The molecule has 1 nitrogen and oxygen atoms in total. The fourth-order valence-corrected chi connectivity index (χ4v) is 2.01. The topological polar surface area (TPSA) is 20.2 Å². The summed E-state index contributed by atoms with van der Waals surface area (Å²) >= 11 is 3.21. The van der Waals surface area contributed by atoms with Gasteiger partial charge < -0.3 is 5.11 Å². The molecule has 1 aromatic carbocycles. The predicted octanol–water partition coefficient (Wildman–Crippen LogP) is 4.07. The Kier molecular flexibility index (Phi) is 5.99. The zero-order valence-electron chi connectivity index (χ0n) is 9.55. The van der Waals surface area contributed by atoms with Crippen LogP contribution in [0.3, 0.4) is 0 Å². The van der Waals surface area contributed by atoms with Gasteiger partial charge in [-0.2, -0.15) is 0 Å². The second-order valence-corrected chi connectivity index (χ2v) is 5.01. The van der Waals surface area contributed by atoms with Gasteiger partial charge in [0.15, 0.2) is 0 Å². The van der Waals surface area contributed by atoms with E-state index in [2.05, 4.69) is 22.9 Å².